The lowest BCUT2D eigenvalue weighted by atomic mass is 9.85. The van der Waals surface area contributed by atoms with E-state index in [4.69, 9.17) is 0 Å². The van der Waals surface area contributed by atoms with E-state index in [1.807, 2.05) is 13.8 Å². The Kier molecular flexibility index (Phi) is 3.57. The molecular formula is C15H22O. The number of carbonyl (C=O) groups is 1. The lowest BCUT2D eigenvalue weighted by Gasteiger charge is -2.18. The van der Waals surface area contributed by atoms with Crippen LogP contribution in [0.15, 0.2) is 0 Å². The third-order valence-electron chi connectivity index (χ3n) is 3.77. The monoisotopic (exact) mass is 218 g/mol. The first-order valence-electron chi connectivity index (χ1n) is 5.90. The van der Waals surface area contributed by atoms with Gasteiger partial charge in [0.15, 0.2) is 5.78 Å². The number of benzene rings is 1. The summed E-state index contributed by atoms with van der Waals surface area (Å²) in [5.41, 5.74) is 7.07. The summed E-state index contributed by atoms with van der Waals surface area (Å²) < 4.78 is 0. The Hall–Kier alpha value is -1.11. The molecule has 0 heterocycles. The summed E-state index contributed by atoms with van der Waals surface area (Å²) in [6.45, 7) is 14.4. The van der Waals surface area contributed by atoms with Gasteiger partial charge in [-0.25, -0.2) is 0 Å². The van der Waals surface area contributed by atoms with E-state index in [2.05, 4.69) is 34.6 Å². The van der Waals surface area contributed by atoms with Crippen molar-refractivity contribution in [3.63, 3.8) is 0 Å². The molecule has 0 spiro atoms. The molecule has 0 aliphatic rings. The average Bonchev–Trinajstić information content (AvgIpc) is 2.23. The topological polar surface area (TPSA) is 17.1 Å². The maximum Gasteiger partial charge on any atom is 0.165 e. The SMILES string of the molecule is Cc1c(C)c(C)c(C(=O)C(C)C)c(C)c1C. The number of hydrogen-bond donors (Lipinski definition) is 0. The zero-order chi connectivity index (χ0) is 12.6. The van der Waals surface area contributed by atoms with Gasteiger partial charge in [0.1, 0.15) is 0 Å². The molecule has 1 rings (SSSR count). The average molecular weight is 218 g/mol. The predicted octanol–water partition coefficient (Wildman–Crippen LogP) is 4.07. The van der Waals surface area contributed by atoms with Gasteiger partial charge < -0.3 is 0 Å². The highest BCUT2D eigenvalue weighted by Crippen LogP contribution is 2.27. The van der Waals surface area contributed by atoms with E-state index in [9.17, 15) is 4.79 Å². The van der Waals surface area contributed by atoms with Crippen LogP contribution < -0.4 is 0 Å². The largest absolute Gasteiger partial charge is 0.294 e. The van der Waals surface area contributed by atoms with Crippen LogP contribution in [0, 0.1) is 40.5 Å². The van der Waals surface area contributed by atoms with Gasteiger partial charge in [0.05, 0.1) is 0 Å². The highest BCUT2D eigenvalue weighted by Gasteiger charge is 2.19. The Balaban J connectivity index is 3.58. The molecule has 0 aliphatic heterocycles. The highest BCUT2D eigenvalue weighted by molar-refractivity contribution is 6.00. The van der Waals surface area contributed by atoms with E-state index < -0.39 is 0 Å². The summed E-state index contributed by atoms with van der Waals surface area (Å²) in [4.78, 5) is 12.2. The minimum Gasteiger partial charge on any atom is -0.294 e. The number of hydrogen-bond acceptors (Lipinski definition) is 1. The van der Waals surface area contributed by atoms with Crippen molar-refractivity contribution in [1.29, 1.82) is 0 Å². The molecule has 0 unspecified atom stereocenters. The second-order valence-corrected chi connectivity index (χ2v) is 5.02. The highest BCUT2D eigenvalue weighted by atomic mass is 16.1. The molecule has 0 aromatic heterocycles. The second kappa shape index (κ2) is 4.40. The zero-order valence-electron chi connectivity index (χ0n) is 11.5. The van der Waals surface area contributed by atoms with E-state index >= 15 is 0 Å². The van der Waals surface area contributed by atoms with E-state index in [-0.39, 0.29) is 11.7 Å². The Morgan fingerprint density at radius 2 is 1.06 bits per heavy atom. The minimum atomic E-state index is 0.0684. The number of Topliss-reactive ketones (excluding diaryl/α,β-unsaturated/α-hetero) is 1. The van der Waals surface area contributed by atoms with Crippen LogP contribution in [0.2, 0.25) is 0 Å². The van der Waals surface area contributed by atoms with Crippen LogP contribution in [0.1, 0.15) is 52.0 Å². The Morgan fingerprint density at radius 1 is 0.750 bits per heavy atom. The molecule has 1 nitrogen and oxygen atoms in total. The fourth-order valence-electron chi connectivity index (χ4n) is 2.16. The van der Waals surface area contributed by atoms with Gasteiger partial charge in [0.2, 0.25) is 0 Å². The quantitative estimate of drug-likeness (QED) is 0.684. The second-order valence-electron chi connectivity index (χ2n) is 5.02. The molecule has 0 aliphatic carbocycles. The van der Waals surface area contributed by atoms with E-state index in [0.29, 0.717) is 0 Å². The van der Waals surface area contributed by atoms with Gasteiger partial charge in [-0.15, -0.1) is 0 Å². The zero-order valence-corrected chi connectivity index (χ0v) is 11.5. The van der Waals surface area contributed by atoms with Gasteiger partial charge in [-0.1, -0.05) is 13.8 Å². The third-order valence-corrected chi connectivity index (χ3v) is 3.77. The van der Waals surface area contributed by atoms with Crippen LogP contribution in [0.25, 0.3) is 0 Å². The van der Waals surface area contributed by atoms with E-state index in [1.165, 1.54) is 16.7 Å². The van der Waals surface area contributed by atoms with Crippen molar-refractivity contribution in [3.05, 3.63) is 33.4 Å². The first kappa shape index (κ1) is 13.0. The summed E-state index contributed by atoms with van der Waals surface area (Å²) in [7, 11) is 0. The fraction of sp³-hybridized carbons (Fsp3) is 0.533. The summed E-state index contributed by atoms with van der Waals surface area (Å²) in [6, 6.07) is 0. The van der Waals surface area contributed by atoms with Crippen molar-refractivity contribution in [2.45, 2.75) is 48.5 Å². The summed E-state index contributed by atoms with van der Waals surface area (Å²) in [5, 5.41) is 0. The Bertz CT molecular complexity index is 410. The van der Waals surface area contributed by atoms with Crippen molar-refractivity contribution in [2.75, 3.05) is 0 Å². The molecule has 0 bridgehead atoms. The molecule has 88 valence electrons. The lowest BCUT2D eigenvalue weighted by molar-refractivity contribution is 0.0938. The first-order chi connectivity index (χ1) is 7.29. The van der Waals surface area contributed by atoms with Gasteiger partial charge >= 0.3 is 0 Å². The van der Waals surface area contributed by atoms with Gasteiger partial charge in [0, 0.05) is 11.5 Å². The summed E-state index contributed by atoms with van der Waals surface area (Å²) in [6.07, 6.45) is 0. The van der Waals surface area contributed by atoms with Gasteiger partial charge in [-0.3, -0.25) is 4.79 Å². The summed E-state index contributed by atoms with van der Waals surface area (Å²) in [5.74, 6) is 0.333. The molecule has 1 heteroatoms. The Labute approximate surface area is 98.9 Å². The molecule has 0 radical (unpaired) electrons. The molecule has 0 amide bonds. The van der Waals surface area contributed by atoms with Gasteiger partial charge in [-0.2, -0.15) is 0 Å². The third kappa shape index (κ3) is 1.91. The van der Waals surface area contributed by atoms with Crippen LogP contribution >= 0.6 is 0 Å². The number of rotatable bonds is 2. The molecule has 1 aromatic carbocycles. The van der Waals surface area contributed by atoms with E-state index in [0.717, 1.165) is 16.7 Å². The van der Waals surface area contributed by atoms with Crippen molar-refractivity contribution >= 4 is 5.78 Å². The molecule has 0 saturated carbocycles. The van der Waals surface area contributed by atoms with Gasteiger partial charge in [0.25, 0.3) is 0 Å². The van der Waals surface area contributed by atoms with Crippen LogP contribution in [-0.4, -0.2) is 5.78 Å². The smallest absolute Gasteiger partial charge is 0.165 e. The van der Waals surface area contributed by atoms with E-state index in [1.54, 1.807) is 0 Å². The van der Waals surface area contributed by atoms with Crippen LogP contribution in [0.4, 0.5) is 0 Å². The maximum atomic E-state index is 12.2. The standard InChI is InChI=1S/C15H22O/c1-8(2)15(16)14-12(6)10(4)9(3)11(5)13(14)7/h8H,1-7H3. The van der Waals surface area contributed by atoms with Gasteiger partial charge in [-0.05, 0) is 62.4 Å². The minimum absolute atomic E-state index is 0.0684. The molecular weight excluding hydrogens is 196 g/mol. The van der Waals surface area contributed by atoms with Crippen LogP contribution in [-0.2, 0) is 0 Å². The van der Waals surface area contributed by atoms with Crippen molar-refractivity contribution in [2.24, 2.45) is 5.92 Å². The van der Waals surface area contributed by atoms with Crippen LogP contribution in [0.3, 0.4) is 0 Å². The van der Waals surface area contributed by atoms with Crippen molar-refractivity contribution in [1.82, 2.24) is 0 Å². The maximum absolute atomic E-state index is 12.2. The first-order valence-corrected chi connectivity index (χ1v) is 5.90. The van der Waals surface area contributed by atoms with Crippen LogP contribution in [0.5, 0.6) is 0 Å². The summed E-state index contributed by atoms with van der Waals surface area (Å²) >= 11 is 0. The normalized spacial score (nSPS) is 11.0. The molecule has 0 fully saturated rings. The molecule has 0 saturated heterocycles. The van der Waals surface area contributed by atoms with Crippen molar-refractivity contribution < 1.29 is 4.79 Å². The fourth-order valence-corrected chi connectivity index (χ4v) is 2.16. The Morgan fingerprint density at radius 3 is 1.38 bits per heavy atom. The number of carbonyl (C=O) groups excluding carboxylic acids is 1. The molecule has 0 atom stereocenters. The molecule has 16 heavy (non-hydrogen) atoms. The predicted molar refractivity (Wildman–Crippen MR) is 69.3 cm³/mol. The molecule has 0 N–H and O–H groups in total. The molecule has 1 aromatic rings. The number of ketones is 1. The lowest BCUT2D eigenvalue weighted by Crippen LogP contribution is -2.14. The van der Waals surface area contributed by atoms with Crippen molar-refractivity contribution in [3.8, 4) is 0 Å².